The Morgan fingerprint density at radius 1 is 0.872 bits per heavy atom. The van der Waals surface area contributed by atoms with Crippen LogP contribution in [0.3, 0.4) is 0 Å². The Bertz CT molecular complexity index is 1570. The van der Waals surface area contributed by atoms with Crippen LogP contribution in [0, 0.1) is 35.3 Å². The molecule has 2 amide bonds. The largest absolute Gasteiger partial charge is 0.496 e. The van der Waals surface area contributed by atoms with Gasteiger partial charge in [-0.3, -0.25) is 14.4 Å². The molecule has 3 aliphatic rings. The van der Waals surface area contributed by atoms with Gasteiger partial charge in [0.05, 0.1) is 37.2 Å². The fraction of sp³-hybridized carbons (Fsp3) is 0.516. The average molecular weight is 697 g/mol. The van der Waals surface area contributed by atoms with Gasteiger partial charge in [-0.05, 0) is 88.0 Å². The smallest absolute Gasteiger partial charge is 0.310 e. The monoisotopic (exact) mass is 696 g/mol. The van der Waals surface area contributed by atoms with Gasteiger partial charge in [0, 0.05) is 17.8 Å². The molecule has 2 N–H and O–H groups in total. The summed E-state index contributed by atoms with van der Waals surface area (Å²) in [6.45, 7) is 1.98. The Kier molecular flexibility index (Phi) is 8.90. The number of ether oxygens (including phenoxy) is 3. The highest BCUT2D eigenvalue weighted by molar-refractivity contribution is 8.45. The van der Waals surface area contributed by atoms with Gasteiger partial charge in [-0.2, -0.15) is 0 Å². The molecule has 0 heterocycles. The van der Waals surface area contributed by atoms with Crippen LogP contribution in [0.15, 0.2) is 35.2 Å². The fourth-order valence-electron chi connectivity index (χ4n) is 7.02. The van der Waals surface area contributed by atoms with E-state index in [0.29, 0.717) is 51.0 Å². The molecule has 8 nitrogen and oxygen atoms in total. The van der Waals surface area contributed by atoms with E-state index in [1.54, 1.807) is 6.92 Å². The Morgan fingerprint density at radius 3 is 2.19 bits per heavy atom. The number of hydrogen-bond donors (Lipinski definition) is 2. The molecule has 5 rings (SSSR count). The van der Waals surface area contributed by atoms with Gasteiger partial charge in [-0.25, -0.2) is 8.78 Å². The maximum Gasteiger partial charge on any atom is 0.310 e. The van der Waals surface area contributed by atoms with Crippen LogP contribution in [-0.4, -0.2) is 43.6 Å². The summed E-state index contributed by atoms with van der Waals surface area (Å²) in [7, 11) is -9.01. The summed E-state index contributed by atoms with van der Waals surface area (Å²) in [5.74, 6) is -6.36. The molecule has 3 saturated carbocycles. The number of benzene rings is 2. The highest BCUT2D eigenvalue weighted by Gasteiger charge is 2.65. The Morgan fingerprint density at radius 2 is 1.55 bits per heavy atom. The van der Waals surface area contributed by atoms with Crippen molar-refractivity contribution in [2.45, 2.75) is 68.9 Å². The van der Waals surface area contributed by atoms with Crippen LogP contribution in [0.1, 0.15) is 62.2 Å². The zero-order chi connectivity index (χ0) is 34.4. The van der Waals surface area contributed by atoms with Gasteiger partial charge in [0.2, 0.25) is 5.91 Å². The normalized spacial score (nSPS) is 26.9. The molecule has 0 radical (unpaired) electrons. The molecular formula is C31H35F7N2O6S. The SMILES string of the molecule is CCOC(=O)C1CCC(Oc2cc(C(=O)NC3C4CCC(C4)C3C(=O)Nc3cc(F)cc(S(F)(F)(F)(F)F)c3)c(OC)cc2F)CC1. The lowest BCUT2D eigenvalue weighted by Crippen LogP contribution is -2.48. The predicted octanol–water partition coefficient (Wildman–Crippen LogP) is 7.91. The minimum absolute atomic E-state index is 0.0163. The molecule has 4 atom stereocenters. The first-order valence-electron chi connectivity index (χ1n) is 15.2. The minimum Gasteiger partial charge on any atom is -0.496 e. The van der Waals surface area contributed by atoms with E-state index in [2.05, 4.69) is 10.6 Å². The second-order valence-corrected chi connectivity index (χ2v) is 14.7. The van der Waals surface area contributed by atoms with Crippen LogP contribution in [0.25, 0.3) is 0 Å². The number of esters is 1. The first-order valence-corrected chi connectivity index (χ1v) is 17.2. The van der Waals surface area contributed by atoms with Gasteiger partial charge >= 0.3 is 16.2 Å². The number of carbonyl (C=O) groups excluding carboxylic acids is 3. The van der Waals surface area contributed by atoms with Crippen molar-refractivity contribution in [1.82, 2.24) is 5.32 Å². The van der Waals surface area contributed by atoms with E-state index in [4.69, 9.17) is 14.2 Å². The maximum atomic E-state index is 15.0. The molecule has 16 heteroatoms. The lowest BCUT2D eigenvalue weighted by molar-refractivity contribution is -0.149. The molecule has 0 spiro atoms. The number of anilines is 1. The highest BCUT2D eigenvalue weighted by Crippen LogP contribution is 3.02. The Balaban J connectivity index is 1.32. The minimum atomic E-state index is -10.2. The van der Waals surface area contributed by atoms with Gasteiger partial charge in [0.25, 0.3) is 5.91 Å². The number of fused-ring (bicyclic) bond motifs is 2. The van der Waals surface area contributed by atoms with Gasteiger partial charge in [-0.15, -0.1) is 0 Å². The van der Waals surface area contributed by atoms with Crippen molar-refractivity contribution in [2.24, 2.45) is 23.7 Å². The standard InChI is InChI=1S/C31H35F7N2O6S/c1-3-45-31(43)16-6-8-21(9-7-16)46-26-14-23(25(44-2)15-24(26)33)29(41)40-28-18-5-4-17(10-18)27(28)30(42)39-20-11-19(32)12-22(13-20)47(34,35,36,37)38/h11-18,21,27-28H,3-10H2,1-2H3,(H,39,42)(H,40,41). The van der Waals surface area contributed by atoms with Gasteiger partial charge in [0.15, 0.2) is 11.6 Å². The van der Waals surface area contributed by atoms with Crippen molar-refractivity contribution in [2.75, 3.05) is 19.0 Å². The zero-order valence-electron chi connectivity index (χ0n) is 25.5. The van der Waals surface area contributed by atoms with Crippen molar-refractivity contribution < 1.29 is 56.8 Å². The topological polar surface area (TPSA) is 103 Å². The molecule has 2 bridgehead atoms. The molecule has 3 fully saturated rings. The summed E-state index contributed by atoms with van der Waals surface area (Å²) in [6, 6.07) is 1.50. The quantitative estimate of drug-likeness (QED) is 0.193. The van der Waals surface area contributed by atoms with Crippen LogP contribution in [0.4, 0.5) is 33.9 Å². The number of halogens is 7. The first kappa shape index (κ1) is 34.6. The molecular weight excluding hydrogens is 661 g/mol. The summed E-state index contributed by atoms with van der Waals surface area (Å²) in [4.78, 5) is 36.5. The molecule has 2 aromatic carbocycles. The van der Waals surface area contributed by atoms with E-state index < -0.39 is 62.3 Å². The van der Waals surface area contributed by atoms with Gasteiger partial charge in [-0.1, -0.05) is 19.4 Å². The van der Waals surface area contributed by atoms with E-state index in [0.717, 1.165) is 6.07 Å². The average Bonchev–Trinajstić information content (AvgIpc) is 3.59. The van der Waals surface area contributed by atoms with Crippen molar-refractivity contribution in [3.63, 3.8) is 0 Å². The van der Waals surface area contributed by atoms with Crippen LogP contribution < -0.4 is 20.1 Å². The summed E-state index contributed by atoms with van der Waals surface area (Å²) in [5, 5.41) is 4.91. The van der Waals surface area contributed by atoms with Gasteiger partial charge in [0.1, 0.15) is 16.5 Å². The second-order valence-electron chi connectivity index (χ2n) is 12.3. The van der Waals surface area contributed by atoms with Crippen LogP contribution in [-0.2, 0) is 14.3 Å². The highest BCUT2D eigenvalue weighted by atomic mass is 32.5. The number of methoxy groups -OCH3 is 1. The van der Waals surface area contributed by atoms with E-state index in [-0.39, 0.29) is 59.5 Å². The molecule has 260 valence electrons. The molecule has 4 unspecified atom stereocenters. The Hall–Kier alpha value is -3.69. The summed E-state index contributed by atoms with van der Waals surface area (Å²) in [6.07, 6.45) is 3.16. The number of rotatable bonds is 10. The predicted molar refractivity (Wildman–Crippen MR) is 158 cm³/mol. The number of nitrogens with one attached hydrogen (secondary N) is 2. The molecule has 47 heavy (non-hydrogen) atoms. The van der Waals surface area contributed by atoms with E-state index >= 15 is 4.39 Å². The van der Waals surface area contributed by atoms with Crippen LogP contribution in [0.5, 0.6) is 11.5 Å². The van der Waals surface area contributed by atoms with E-state index in [9.17, 15) is 38.2 Å². The van der Waals surface area contributed by atoms with Crippen molar-refractivity contribution in [3.05, 3.63) is 47.5 Å². The van der Waals surface area contributed by atoms with Crippen molar-refractivity contribution >= 4 is 33.7 Å². The third kappa shape index (κ3) is 7.73. The van der Waals surface area contributed by atoms with Crippen LogP contribution >= 0.6 is 10.2 Å². The lowest BCUT2D eigenvalue weighted by Gasteiger charge is -2.40. The zero-order valence-corrected chi connectivity index (χ0v) is 26.3. The van der Waals surface area contributed by atoms with Crippen molar-refractivity contribution in [1.29, 1.82) is 0 Å². The molecule has 0 aromatic heterocycles. The molecule has 3 aliphatic carbocycles. The molecule has 0 saturated heterocycles. The van der Waals surface area contributed by atoms with Crippen LogP contribution in [0.2, 0.25) is 0 Å². The number of hydrogen-bond acceptors (Lipinski definition) is 6. The molecule has 2 aromatic rings. The summed E-state index contributed by atoms with van der Waals surface area (Å²) in [5.41, 5.74) is -0.902. The van der Waals surface area contributed by atoms with Crippen molar-refractivity contribution in [3.8, 4) is 11.5 Å². The summed E-state index contributed by atoms with van der Waals surface area (Å²) >= 11 is 0. The third-order valence-corrected chi connectivity index (χ3v) is 10.3. The molecule has 0 aliphatic heterocycles. The number of amides is 2. The van der Waals surface area contributed by atoms with E-state index in [1.165, 1.54) is 13.2 Å². The number of carbonyl (C=O) groups is 3. The van der Waals surface area contributed by atoms with Gasteiger partial charge < -0.3 is 24.8 Å². The third-order valence-electron chi connectivity index (χ3n) is 9.19. The first-order chi connectivity index (χ1) is 21.9. The summed E-state index contributed by atoms with van der Waals surface area (Å²) < 4.78 is 112. The lowest BCUT2D eigenvalue weighted by atomic mass is 9.83. The Labute approximate surface area is 266 Å². The second kappa shape index (κ2) is 12.1. The van der Waals surface area contributed by atoms with E-state index in [1.807, 2.05) is 0 Å². The fourth-order valence-corrected chi connectivity index (χ4v) is 7.70. The maximum absolute atomic E-state index is 15.0.